The molecule has 4 rings (SSSR count). The van der Waals surface area contributed by atoms with E-state index in [2.05, 4.69) is 77.5 Å². The quantitative estimate of drug-likeness (QED) is 0.175. The largest absolute Gasteiger partial charge is 0.479 e. The molecule has 38 heavy (non-hydrogen) atoms. The van der Waals surface area contributed by atoms with Crippen molar-refractivity contribution >= 4 is 5.97 Å². The van der Waals surface area contributed by atoms with Crippen LogP contribution in [0.1, 0.15) is 46.0 Å². The Morgan fingerprint density at radius 3 is 1.92 bits per heavy atom. The molecule has 0 aliphatic rings. The molecule has 0 bridgehead atoms. The molecular formula is C33H38N2O3. The van der Waals surface area contributed by atoms with Gasteiger partial charge in [0.25, 0.3) is 0 Å². The standard InChI is InChI=1S/C33H38N2O3/c1-25(2)24-29(33(36)37)38-23-15-4-3-14-22-35-32(28-20-12-7-13-21-28)30(26-16-8-5-9-17-26)31(34-35)27-18-10-6-11-19-27/h5-13,16-21,25,29H,3-4,14-15,22-24H2,1-2H3,(H,36,37). The first-order valence-electron chi connectivity index (χ1n) is 13.7. The lowest BCUT2D eigenvalue weighted by Crippen LogP contribution is -2.26. The Morgan fingerprint density at radius 2 is 1.34 bits per heavy atom. The monoisotopic (exact) mass is 510 g/mol. The van der Waals surface area contributed by atoms with E-state index in [-0.39, 0.29) is 0 Å². The summed E-state index contributed by atoms with van der Waals surface area (Å²) >= 11 is 0. The number of rotatable bonds is 14. The van der Waals surface area contributed by atoms with Crippen LogP contribution in [-0.2, 0) is 16.1 Å². The van der Waals surface area contributed by atoms with Gasteiger partial charge in [-0.05, 0) is 30.7 Å². The lowest BCUT2D eigenvalue weighted by atomic mass is 9.96. The van der Waals surface area contributed by atoms with Crippen LogP contribution in [0.2, 0.25) is 0 Å². The predicted molar refractivity (Wildman–Crippen MR) is 154 cm³/mol. The molecule has 0 fully saturated rings. The molecule has 0 aliphatic carbocycles. The zero-order chi connectivity index (χ0) is 26.7. The molecule has 5 nitrogen and oxygen atoms in total. The van der Waals surface area contributed by atoms with Crippen molar-refractivity contribution in [1.29, 1.82) is 0 Å². The first-order valence-corrected chi connectivity index (χ1v) is 13.7. The van der Waals surface area contributed by atoms with Gasteiger partial charge in [0.15, 0.2) is 6.10 Å². The number of carbonyl (C=O) groups is 1. The molecule has 0 radical (unpaired) electrons. The molecule has 0 spiro atoms. The van der Waals surface area contributed by atoms with E-state index in [0.717, 1.165) is 65.9 Å². The summed E-state index contributed by atoms with van der Waals surface area (Å²) in [6.45, 7) is 5.33. The first kappa shape index (κ1) is 27.3. The SMILES string of the molecule is CC(C)CC(OCCCCCCn1nc(-c2ccccc2)c(-c2ccccc2)c1-c1ccccc1)C(=O)O. The second-order valence-corrected chi connectivity index (χ2v) is 10.1. The summed E-state index contributed by atoms with van der Waals surface area (Å²) in [6.07, 6.45) is 3.70. The summed E-state index contributed by atoms with van der Waals surface area (Å²) in [5, 5.41) is 14.5. The number of carboxylic acids is 1. The molecule has 5 heteroatoms. The van der Waals surface area contributed by atoms with E-state index in [1.165, 1.54) is 0 Å². The molecule has 0 saturated carbocycles. The Labute approximate surface area is 226 Å². The first-order chi connectivity index (χ1) is 18.5. The van der Waals surface area contributed by atoms with Crippen LogP contribution in [0.25, 0.3) is 33.6 Å². The van der Waals surface area contributed by atoms with Gasteiger partial charge in [-0.25, -0.2) is 4.79 Å². The summed E-state index contributed by atoms with van der Waals surface area (Å²) in [7, 11) is 0. The van der Waals surface area contributed by atoms with Gasteiger partial charge >= 0.3 is 5.97 Å². The van der Waals surface area contributed by atoms with E-state index >= 15 is 0 Å². The molecule has 1 aromatic heterocycles. The number of carboxylic acid groups (broad SMARTS) is 1. The molecule has 1 heterocycles. The van der Waals surface area contributed by atoms with Gasteiger partial charge in [-0.1, -0.05) is 118 Å². The predicted octanol–water partition coefficient (Wildman–Crippen LogP) is 7.96. The van der Waals surface area contributed by atoms with Crippen LogP contribution in [0.3, 0.4) is 0 Å². The third-order valence-corrected chi connectivity index (χ3v) is 6.65. The Hall–Kier alpha value is -3.70. The summed E-state index contributed by atoms with van der Waals surface area (Å²) in [6, 6.07) is 31.4. The Balaban J connectivity index is 1.50. The lowest BCUT2D eigenvalue weighted by Gasteiger charge is -2.15. The average molecular weight is 511 g/mol. The number of aromatic nitrogens is 2. The van der Waals surface area contributed by atoms with Crippen LogP contribution in [0.15, 0.2) is 91.0 Å². The molecule has 1 unspecified atom stereocenters. The second-order valence-electron chi connectivity index (χ2n) is 10.1. The van der Waals surface area contributed by atoms with E-state index in [0.29, 0.717) is 18.9 Å². The molecule has 1 N–H and O–H groups in total. The van der Waals surface area contributed by atoms with E-state index in [4.69, 9.17) is 9.84 Å². The topological polar surface area (TPSA) is 64.4 Å². The van der Waals surface area contributed by atoms with Crippen LogP contribution in [0, 0.1) is 5.92 Å². The number of ether oxygens (including phenoxy) is 1. The number of unbranched alkanes of at least 4 members (excludes halogenated alkanes) is 3. The summed E-state index contributed by atoms with van der Waals surface area (Å²) < 4.78 is 7.82. The minimum atomic E-state index is -0.866. The number of hydrogen-bond donors (Lipinski definition) is 1. The number of hydrogen-bond acceptors (Lipinski definition) is 3. The zero-order valence-corrected chi connectivity index (χ0v) is 22.4. The molecular weight excluding hydrogens is 472 g/mol. The van der Waals surface area contributed by atoms with Crippen molar-refractivity contribution in [2.75, 3.05) is 6.61 Å². The fourth-order valence-electron chi connectivity index (χ4n) is 4.80. The summed E-state index contributed by atoms with van der Waals surface area (Å²) in [5.41, 5.74) is 6.70. The number of aryl methyl sites for hydroxylation is 1. The highest BCUT2D eigenvalue weighted by Crippen LogP contribution is 2.40. The maximum atomic E-state index is 11.4. The second kappa shape index (κ2) is 13.7. The van der Waals surface area contributed by atoms with Crippen molar-refractivity contribution in [3.05, 3.63) is 91.0 Å². The van der Waals surface area contributed by atoms with E-state index in [9.17, 15) is 9.90 Å². The summed E-state index contributed by atoms with van der Waals surface area (Å²) in [5.74, 6) is -0.570. The highest BCUT2D eigenvalue weighted by atomic mass is 16.5. The van der Waals surface area contributed by atoms with Crippen LogP contribution in [0.4, 0.5) is 0 Å². The highest BCUT2D eigenvalue weighted by molar-refractivity contribution is 5.91. The van der Waals surface area contributed by atoms with Gasteiger partial charge in [0.1, 0.15) is 5.69 Å². The number of aliphatic carboxylic acids is 1. The molecule has 0 aliphatic heterocycles. The molecule has 0 amide bonds. The van der Waals surface area contributed by atoms with Crippen molar-refractivity contribution < 1.29 is 14.6 Å². The lowest BCUT2D eigenvalue weighted by molar-refractivity contribution is -0.151. The maximum Gasteiger partial charge on any atom is 0.332 e. The Morgan fingerprint density at radius 1 is 0.789 bits per heavy atom. The minimum Gasteiger partial charge on any atom is -0.479 e. The average Bonchev–Trinajstić information content (AvgIpc) is 3.32. The Kier molecular flexibility index (Phi) is 9.88. The summed E-state index contributed by atoms with van der Waals surface area (Å²) in [4.78, 5) is 11.4. The van der Waals surface area contributed by atoms with Crippen molar-refractivity contribution in [3.63, 3.8) is 0 Å². The minimum absolute atomic E-state index is 0.297. The van der Waals surface area contributed by atoms with Gasteiger partial charge in [-0.15, -0.1) is 0 Å². The smallest absolute Gasteiger partial charge is 0.332 e. The fourth-order valence-corrected chi connectivity index (χ4v) is 4.80. The van der Waals surface area contributed by atoms with Crippen LogP contribution >= 0.6 is 0 Å². The molecule has 3 aromatic carbocycles. The highest BCUT2D eigenvalue weighted by Gasteiger charge is 2.22. The van der Waals surface area contributed by atoms with Gasteiger partial charge in [-0.3, -0.25) is 4.68 Å². The number of nitrogens with zero attached hydrogens (tertiary/aromatic N) is 2. The van der Waals surface area contributed by atoms with E-state index in [1.54, 1.807) is 0 Å². The van der Waals surface area contributed by atoms with Gasteiger partial charge in [0, 0.05) is 29.8 Å². The normalized spacial score (nSPS) is 12.1. The third kappa shape index (κ3) is 7.20. The molecule has 0 saturated heterocycles. The van der Waals surface area contributed by atoms with Crippen molar-refractivity contribution in [2.24, 2.45) is 5.92 Å². The molecule has 1 atom stereocenters. The van der Waals surface area contributed by atoms with Crippen molar-refractivity contribution in [3.8, 4) is 33.6 Å². The van der Waals surface area contributed by atoms with E-state index < -0.39 is 12.1 Å². The van der Waals surface area contributed by atoms with Crippen LogP contribution in [-0.4, -0.2) is 33.6 Å². The number of benzene rings is 3. The van der Waals surface area contributed by atoms with Gasteiger partial charge in [0.05, 0.1) is 5.69 Å². The van der Waals surface area contributed by atoms with Crippen molar-refractivity contribution in [1.82, 2.24) is 9.78 Å². The van der Waals surface area contributed by atoms with Gasteiger partial charge in [0.2, 0.25) is 0 Å². The third-order valence-electron chi connectivity index (χ3n) is 6.65. The maximum absolute atomic E-state index is 11.4. The zero-order valence-electron chi connectivity index (χ0n) is 22.4. The van der Waals surface area contributed by atoms with Gasteiger partial charge in [-0.2, -0.15) is 5.10 Å². The van der Waals surface area contributed by atoms with Crippen LogP contribution < -0.4 is 0 Å². The van der Waals surface area contributed by atoms with Crippen LogP contribution in [0.5, 0.6) is 0 Å². The molecule has 198 valence electrons. The fraction of sp³-hybridized carbons (Fsp3) is 0.333. The van der Waals surface area contributed by atoms with Gasteiger partial charge < -0.3 is 9.84 Å². The molecule has 4 aromatic rings. The van der Waals surface area contributed by atoms with Crippen molar-refractivity contribution in [2.45, 2.75) is 58.6 Å². The van der Waals surface area contributed by atoms with E-state index in [1.807, 2.05) is 32.0 Å². The Bertz CT molecular complexity index is 1270.